The third-order valence-corrected chi connectivity index (χ3v) is 4.22. The molecule has 1 aromatic carbocycles. The predicted molar refractivity (Wildman–Crippen MR) is 89.4 cm³/mol. The van der Waals surface area contributed by atoms with Crippen molar-refractivity contribution in [2.24, 2.45) is 10.8 Å². The Balaban J connectivity index is 1.52. The van der Waals surface area contributed by atoms with E-state index in [0.29, 0.717) is 19.6 Å². The molecule has 2 atom stereocenters. The predicted octanol–water partition coefficient (Wildman–Crippen LogP) is 0.994. The van der Waals surface area contributed by atoms with Crippen molar-refractivity contribution in [1.82, 2.24) is 9.91 Å². The van der Waals surface area contributed by atoms with E-state index in [0.717, 1.165) is 25.1 Å². The molecule has 1 fully saturated rings. The topological polar surface area (TPSA) is 71.2 Å². The Hall–Kier alpha value is -2.08. The lowest BCUT2D eigenvalue weighted by Crippen LogP contribution is -2.47. The number of nitrogens with zero attached hydrogens (tertiary/aromatic N) is 3. The molecule has 2 heterocycles. The second-order valence-electron chi connectivity index (χ2n) is 6.31. The van der Waals surface area contributed by atoms with Gasteiger partial charge in [0.25, 0.3) is 0 Å². The first-order valence-electron chi connectivity index (χ1n) is 8.16. The fourth-order valence-corrected chi connectivity index (χ4v) is 2.95. The molecule has 6 nitrogen and oxygen atoms in total. The van der Waals surface area contributed by atoms with E-state index in [1.54, 1.807) is 11.2 Å². The van der Waals surface area contributed by atoms with Gasteiger partial charge in [-0.2, -0.15) is 5.10 Å². The lowest BCUT2D eigenvalue weighted by molar-refractivity contribution is -0.134. The maximum Gasteiger partial charge on any atom is 0.243 e. The van der Waals surface area contributed by atoms with Gasteiger partial charge in [-0.3, -0.25) is 9.80 Å². The summed E-state index contributed by atoms with van der Waals surface area (Å²) in [5.74, 6) is 0.957. The molecule has 0 saturated carbocycles. The highest BCUT2D eigenvalue weighted by molar-refractivity contribution is 5.79. The number of amides is 1. The average molecular weight is 316 g/mol. The van der Waals surface area contributed by atoms with Gasteiger partial charge in [0.2, 0.25) is 5.91 Å². The molecule has 0 aromatic heterocycles. The van der Waals surface area contributed by atoms with E-state index in [1.807, 2.05) is 29.2 Å². The molecule has 1 aromatic rings. The lowest BCUT2D eigenvalue weighted by Gasteiger charge is -2.33. The number of ether oxygens (including phenoxy) is 1. The zero-order chi connectivity index (χ0) is 16.2. The van der Waals surface area contributed by atoms with Gasteiger partial charge in [-0.25, -0.2) is 0 Å². The number of nitrogens with two attached hydrogens (primary N) is 1. The first-order valence-corrected chi connectivity index (χ1v) is 8.16. The number of carbonyl (C=O) groups excluding carboxylic acids is 1. The number of aryl methyl sites for hydroxylation is 1. The van der Waals surface area contributed by atoms with Crippen LogP contribution in [-0.4, -0.2) is 60.4 Å². The zero-order valence-electron chi connectivity index (χ0n) is 13.5. The summed E-state index contributed by atoms with van der Waals surface area (Å²) in [5, 5.41) is 5.88. The van der Waals surface area contributed by atoms with Crippen LogP contribution >= 0.6 is 0 Å². The Morgan fingerprint density at radius 2 is 2.13 bits per heavy atom. The van der Waals surface area contributed by atoms with E-state index in [2.05, 4.69) is 12.0 Å². The molecule has 2 N–H and O–H groups in total. The number of likely N-dealkylation sites (tertiary alicyclic amines) is 1. The van der Waals surface area contributed by atoms with Crippen LogP contribution in [0.2, 0.25) is 0 Å². The van der Waals surface area contributed by atoms with E-state index in [-0.39, 0.29) is 18.1 Å². The van der Waals surface area contributed by atoms with Crippen LogP contribution in [0.25, 0.3) is 0 Å². The molecule has 6 heteroatoms. The fraction of sp³-hybridized carbons (Fsp3) is 0.529. The molecule has 2 unspecified atom stereocenters. The molecular formula is C17H24N4O2. The van der Waals surface area contributed by atoms with Crippen molar-refractivity contribution >= 4 is 12.1 Å². The average Bonchev–Trinajstić information content (AvgIpc) is 2.95. The first kappa shape index (κ1) is 15.8. The van der Waals surface area contributed by atoms with Crippen LogP contribution in [0.1, 0.15) is 18.4 Å². The van der Waals surface area contributed by atoms with Gasteiger partial charge in [0.1, 0.15) is 18.4 Å². The van der Waals surface area contributed by atoms with Crippen LogP contribution in [0.5, 0.6) is 5.75 Å². The summed E-state index contributed by atoms with van der Waals surface area (Å²) in [6, 6.07) is 7.97. The van der Waals surface area contributed by atoms with Crippen LogP contribution < -0.4 is 10.5 Å². The normalized spacial score (nSPS) is 24.1. The van der Waals surface area contributed by atoms with E-state index in [4.69, 9.17) is 10.5 Å². The molecule has 0 bridgehead atoms. The summed E-state index contributed by atoms with van der Waals surface area (Å²) in [4.78, 5) is 14.3. The van der Waals surface area contributed by atoms with Crippen molar-refractivity contribution in [1.29, 1.82) is 0 Å². The summed E-state index contributed by atoms with van der Waals surface area (Å²) >= 11 is 0. The number of benzene rings is 1. The fourth-order valence-electron chi connectivity index (χ4n) is 2.95. The Labute approximate surface area is 136 Å². The molecule has 0 aliphatic carbocycles. The minimum Gasteiger partial charge on any atom is -0.489 e. The van der Waals surface area contributed by atoms with Gasteiger partial charge in [0.05, 0.1) is 19.1 Å². The van der Waals surface area contributed by atoms with Gasteiger partial charge in [-0.05, 0) is 31.9 Å². The summed E-state index contributed by atoms with van der Waals surface area (Å²) in [6.07, 6.45) is 3.68. The van der Waals surface area contributed by atoms with Gasteiger partial charge in [0.15, 0.2) is 0 Å². The number of carbonyl (C=O) groups is 1. The summed E-state index contributed by atoms with van der Waals surface area (Å²) < 4.78 is 6.02. The lowest BCUT2D eigenvalue weighted by atomic mass is 10.1. The molecule has 2 aliphatic heterocycles. The second-order valence-corrected chi connectivity index (χ2v) is 6.31. The Morgan fingerprint density at radius 3 is 2.83 bits per heavy atom. The quantitative estimate of drug-likeness (QED) is 0.899. The van der Waals surface area contributed by atoms with Crippen LogP contribution in [-0.2, 0) is 4.79 Å². The molecule has 124 valence electrons. The molecule has 1 amide bonds. The van der Waals surface area contributed by atoms with Crippen LogP contribution in [0.4, 0.5) is 0 Å². The Kier molecular flexibility index (Phi) is 4.81. The monoisotopic (exact) mass is 316 g/mol. The van der Waals surface area contributed by atoms with E-state index in [9.17, 15) is 4.79 Å². The van der Waals surface area contributed by atoms with Gasteiger partial charge in [-0.15, -0.1) is 0 Å². The largest absolute Gasteiger partial charge is 0.489 e. The molecule has 2 aliphatic rings. The van der Waals surface area contributed by atoms with Gasteiger partial charge in [-0.1, -0.05) is 17.7 Å². The van der Waals surface area contributed by atoms with Crippen molar-refractivity contribution in [3.63, 3.8) is 0 Å². The minimum absolute atomic E-state index is 0.0553. The third-order valence-electron chi connectivity index (χ3n) is 4.22. The Bertz CT molecular complexity index is 572. The molecule has 1 saturated heterocycles. The number of hydrogen-bond acceptors (Lipinski definition) is 5. The SMILES string of the molecule is Cc1ccc(OC2CCCN(C(=O)CN3CC(N)C=N3)C2)cc1. The highest BCUT2D eigenvalue weighted by atomic mass is 16.5. The van der Waals surface area contributed by atoms with Gasteiger partial charge >= 0.3 is 0 Å². The smallest absolute Gasteiger partial charge is 0.243 e. The van der Waals surface area contributed by atoms with Crippen molar-refractivity contribution in [3.8, 4) is 5.75 Å². The van der Waals surface area contributed by atoms with Crippen molar-refractivity contribution in [2.75, 3.05) is 26.2 Å². The first-order chi connectivity index (χ1) is 11.1. The van der Waals surface area contributed by atoms with Crippen LogP contribution in [0.3, 0.4) is 0 Å². The van der Waals surface area contributed by atoms with Crippen molar-refractivity contribution < 1.29 is 9.53 Å². The zero-order valence-corrected chi connectivity index (χ0v) is 13.5. The highest BCUT2D eigenvalue weighted by Gasteiger charge is 2.27. The molecule has 0 radical (unpaired) electrons. The van der Waals surface area contributed by atoms with Gasteiger partial charge < -0.3 is 15.4 Å². The number of hydrogen-bond donors (Lipinski definition) is 1. The summed E-state index contributed by atoms with van der Waals surface area (Å²) in [6.45, 7) is 4.38. The third kappa shape index (κ3) is 4.22. The highest BCUT2D eigenvalue weighted by Crippen LogP contribution is 2.19. The molecular weight excluding hydrogens is 292 g/mol. The van der Waals surface area contributed by atoms with Gasteiger partial charge in [0, 0.05) is 12.8 Å². The van der Waals surface area contributed by atoms with Crippen LogP contribution in [0.15, 0.2) is 29.4 Å². The molecule has 0 spiro atoms. The minimum atomic E-state index is -0.0678. The second kappa shape index (κ2) is 7.00. The summed E-state index contributed by atoms with van der Waals surface area (Å²) in [7, 11) is 0. The van der Waals surface area contributed by atoms with Crippen molar-refractivity contribution in [2.45, 2.75) is 31.9 Å². The maximum atomic E-state index is 12.4. The number of hydrazone groups is 1. The van der Waals surface area contributed by atoms with Crippen LogP contribution in [0, 0.1) is 6.92 Å². The number of rotatable bonds is 4. The maximum absolute atomic E-state index is 12.4. The summed E-state index contributed by atoms with van der Waals surface area (Å²) in [5.41, 5.74) is 6.97. The van der Waals surface area contributed by atoms with E-state index >= 15 is 0 Å². The molecule has 23 heavy (non-hydrogen) atoms. The Morgan fingerprint density at radius 1 is 1.35 bits per heavy atom. The van der Waals surface area contributed by atoms with Crippen molar-refractivity contribution in [3.05, 3.63) is 29.8 Å². The molecule has 3 rings (SSSR count). The van der Waals surface area contributed by atoms with E-state index < -0.39 is 0 Å². The van der Waals surface area contributed by atoms with E-state index in [1.165, 1.54) is 5.56 Å². The number of piperidine rings is 1. The standard InChI is InChI=1S/C17H24N4O2/c1-13-4-6-15(7-5-13)23-16-3-2-8-20(11-16)17(22)12-21-10-14(18)9-19-21/h4-7,9,14,16H,2-3,8,10-12,18H2,1H3.